The smallest absolute Gasteiger partial charge is 0.323 e. The molecule has 0 spiro atoms. The van der Waals surface area contributed by atoms with Crippen molar-refractivity contribution in [3.63, 3.8) is 0 Å². The zero-order valence-corrected chi connectivity index (χ0v) is 8.29. The number of rotatable bonds is 2. The lowest BCUT2D eigenvalue weighted by Gasteiger charge is -2.27. The van der Waals surface area contributed by atoms with Crippen LogP contribution in [-0.2, 0) is 9.53 Å². The SMILES string of the molecule is O=C(O)C1COC(c2ccsc2)CN1. The third-order valence-corrected chi connectivity index (χ3v) is 2.93. The van der Waals surface area contributed by atoms with Gasteiger partial charge in [-0.2, -0.15) is 11.3 Å². The second kappa shape index (κ2) is 4.08. The molecule has 2 N–H and O–H groups in total. The quantitative estimate of drug-likeness (QED) is 0.765. The van der Waals surface area contributed by atoms with E-state index in [-0.39, 0.29) is 12.7 Å². The first-order chi connectivity index (χ1) is 6.77. The Hall–Kier alpha value is -0.910. The van der Waals surface area contributed by atoms with E-state index in [1.165, 1.54) is 0 Å². The van der Waals surface area contributed by atoms with Gasteiger partial charge >= 0.3 is 5.97 Å². The van der Waals surface area contributed by atoms with Crippen LogP contribution in [0.1, 0.15) is 11.7 Å². The predicted octanol–water partition coefficient (Wildman–Crippen LogP) is 0.862. The molecule has 76 valence electrons. The highest BCUT2D eigenvalue weighted by Crippen LogP contribution is 2.22. The summed E-state index contributed by atoms with van der Waals surface area (Å²) in [5.41, 5.74) is 1.12. The largest absolute Gasteiger partial charge is 0.480 e. The van der Waals surface area contributed by atoms with Crippen molar-refractivity contribution < 1.29 is 14.6 Å². The molecule has 2 atom stereocenters. The average Bonchev–Trinajstić information content (AvgIpc) is 2.71. The molecule has 5 heteroatoms. The molecule has 1 aliphatic heterocycles. The van der Waals surface area contributed by atoms with Gasteiger partial charge in [-0.1, -0.05) is 0 Å². The molecule has 1 aliphatic rings. The van der Waals surface area contributed by atoms with Crippen molar-refractivity contribution in [1.29, 1.82) is 0 Å². The Balaban J connectivity index is 1.93. The van der Waals surface area contributed by atoms with E-state index < -0.39 is 12.0 Å². The summed E-state index contributed by atoms with van der Waals surface area (Å²) in [6.07, 6.45) is -0.00292. The van der Waals surface area contributed by atoms with Gasteiger partial charge in [-0.25, -0.2) is 0 Å². The summed E-state index contributed by atoms with van der Waals surface area (Å²) in [7, 11) is 0. The van der Waals surface area contributed by atoms with E-state index in [1.54, 1.807) is 11.3 Å². The Labute approximate surface area is 85.5 Å². The van der Waals surface area contributed by atoms with Gasteiger partial charge in [-0.15, -0.1) is 0 Å². The third-order valence-electron chi connectivity index (χ3n) is 2.23. The van der Waals surface area contributed by atoms with Crippen LogP contribution in [0.15, 0.2) is 16.8 Å². The van der Waals surface area contributed by atoms with Crippen molar-refractivity contribution in [3.8, 4) is 0 Å². The highest BCUT2D eigenvalue weighted by atomic mass is 32.1. The highest BCUT2D eigenvalue weighted by Gasteiger charge is 2.26. The number of carbonyl (C=O) groups is 1. The van der Waals surface area contributed by atoms with Crippen LogP contribution in [0.4, 0.5) is 0 Å². The predicted molar refractivity (Wildman–Crippen MR) is 52.4 cm³/mol. The van der Waals surface area contributed by atoms with Crippen molar-refractivity contribution in [2.45, 2.75) is 12.1 Å². The van der Waals surface area contributed by atoms with Crippen molar-refractivity contribution in [3.05, 3.63) is 22.4 Å². The molecule has 2 heterocycles. The summed E-state index contributed by atoms with van der Waals surface area (Å²) in [4.78, 5) is 10.6. The Morgan fingerprint density at radius 2 is 2.57 bits per heavy atom. The minimum Gasteiger partial charge on any atom is -0.480 e. The number of morpholine rings is 1. The normalized spacial score (nSPS) is 27.4. The van der Waals surface area contributed by atoms with Gasteiger partial charge in [0.1, 0.15) is 6.04 Å². The maximum absolute atomic E-state index is 10.6. The van der Waals surface area contributed by atoms with Gasteiger partial charge in [0, 0.05) is 6.54 Å². The van der Waals surface area contributed by atoms with Crippen LogP contribution in [0.2, 0.25) is 0 Å². The third kappa shape index (κ3) is 1.95. The maximum atomic E-state index is 10.6. The van der Waals surface area contributed by atoms with E-state index in [4.69, 9.17) is 9.84 Å². The molecule has 0 aromatic carbocycles. The Morgan fingerprint density at radius 1 is 1.71 bits per heavy atom. The van der Waals surface area contributed by atoms with E-state index in [0.29, 0.717) is 6.54 Å². The van der Waals surface area contributed by atoms with Crippen LogP contribution in [0.3, 0.4) is 0 Å². The van der Waals surface area contributed by atoms with Gasteiger partial charge in [0.2, 0.25) is 0 Å². The molecular weight excluding hydrogens is 202 g/mol. The van der Waals surface area contributed by atoms with E-state index in [9.17, 15) is 4.79 Å². The van der Waals surface area contributed by atoms with Crippen LogP contribution in [0.5, 0.6) is 0 Å². The summed E-state index contributed by atoms with van der Waals surface area (Å²) in [5, 5.41) is 15.7. The first kappa shape index (κ1) is 9.64. The van der Waals surface area contributed by atoms with E-state index in [2.05, 4.69) is 5.32 Å². The molecular formula is C9H11NO3S. The van der Waals surface area contributed by atoms with Crippen LogP contribution in [0.25, 0.3) is 0 Å². The monoisotopic (exact) mass is 213 g/mol. The molecule has 14 heavy (non-hydrogen) atoms. The number of carboxylic acids is 1. The molecule has 0 saturated carbocycles. The van der Waals surface area contributed by atoms with Gasteiger partial charge in [0.15, 0.2) is 0 Å². The molecule has 0 bridgehead atoms. The van der Waals surface area contributed by atoms with Crippen molar-refractivity contribution in [2.24, 2.45) is 0 Å². The molecule has 1 saturated heterocycles. The lowest BCUT2D eigenvalue weighted by atomic mass is 10.1. The number of hydrogen-bond donors (Lipinski definition) is 2. The molecule has 1 aromatic rings. The summed E-state index contributed by atoms with van der Waals surface area (Å²) in [6, 6.07) is 1.43. The van der Waals surface area contributed by atoms with E-state index >= 15 is 0 Å². The first-order valence-corrected chi connectivity index (χ1v) is 5.31. The topological polar surface area (TPSA) is 58.6 Å². The zero-order chi connectivity index (χ0) is 9.97. The van der Waals surface area contributed by atoms with Crippen LogP contribution < -0.4 is 5.32 Å². The molecule has 1 aromatic heterocycles. The summed E-state index contributed by atoms with van der Waals surface area (Å²) in [5.74, 6) is -0.853. The van der Waals surface area contributed by atoms with Gasteiger partial charge in [-0.3, -0.25) is 10.1 Å². The van der Waals surface area contributed by atoms with Gasteiger partial charge < -0.3 is 9.84 Å². The molecule has 1 fully saturated rings. The fraction of sp³-hybridized carbons (Fsp3) is 0.444. The first-order valence-electron chi connectivity index (χ1n) is 4.37. The van der Waals surface area contributed by atoms with Gasteiger partial charge in [0.25, 0.3) is 0 Å². The number of hydrogen-bond acceptors (Lipinski definition) is 4. The Kier molecular flexibility index (Phi) is 2.81. The lowest BCUT2D eigenvalue weighted by molar-refractivity contribution is -0.144. The molecule has 0 aliphatic carbocycles. The van der Waals surface area contributed by atoms with Crippen molar-refractivity contribution in [1.82, 2.24) is 5.32 Å². The van der Waals surface area contributed by atoms with Crippen molar-refractivity contribution in [2.75, 3.05) is 13.2 Å². The molecule has 0 radical (unpaired) electrons. The Bertz CT molecular complexity index is 304. The molecule has 4 nitrogen and oxygen atoms in total. The zero-order valence-electron chi connectivity index (χ0n) is 7.47. The lowest BCUT2D eigenvalue weighted by Crippen LogP contribution is -2.47. The minimum atomic E-state index is -0.853. The number of thiophene rings is 1. The summed E-state index contributed by atoms with van der Waals surface area (Å²) >= 11 is 1.62. The molecule has 2 rings (SSSR count). The van der Waals surface area contributed by atoms with Crippen LogP contribution >= 0.6 is 11.3 Å². The highest BCUT2D eigenvalue weighted by molar-refractivity contribution is 7.07. The molecule has 2 unspecified atom stereocenters. The second-order valence-corrected chi connectivity index (χ2v) is 3.96. The summed E-state index contributed by atoms with van der Waals surface area (Å²) in [6.45, 7) is 0.795. The van der Waals surface area contributed by atoms with Crippen LogP contribution in [0, 0.1) is 0 Å². The standard InChI is InChI=1S/C9H11NO3S/c11-9(12)7-4-13-8(3-10-7)6-1-2-14-5-6/h1-2,5,7-8,10H,3-4H2,(H,11,12). The maximum Gasteiger partial charge on any atom is 0.323 e. The molecule has 0 amide bonds. The summed E-state index contributed by atoms with van der Waals surface area (Å²) < 4.78 is 5.46. The minimum absolute atomic E-state index is 0.00292. The fourth-order valence-corrected chi connectivity index (χ4v) is 2.11. The Morgan fingerprint density at radius 3 is 3.07 bits per heavy atom. The van der Waals surface area contributed by atoms with E-state index in [0.717, 1.165) is 5.56 Å². The number of carboxylic acid groups (broad SMARTS) is 1. The second-order valence-electron chi connectivity index (χ2n) is 3.18. The van der Waals surface area contributed by atoms with Crippen molar-refractivity contribution >= 4 is 17.3 Å². The van der Waals surface area contributed by atoms with Gasteiger partial charge in [-0.05, 0) is 22.4 Å². The number of aliphatic carboxylic acids is 1. The average molecular weight is 213 g/mol. The van der Waals surface area contributed by atoms with Gasteiger partial charge in [0.05, 0.1) is 12.7 Å². The van der Waals surface area contributed by atoms with E-state index in [1.807, 2.05) is 16.8 Å². The number of nitrogens with one attached hydrogen (secondary N) is 1. The number of ether oxygens (including phenoxy) is 1. The van der Waals surface area contributed by atoms with Crippen LogP contribution in [-0.4, -0.2) is 30.3 Å². The fourth-order valence-electron chi connectivity index (χ4n) is 1.41.